The molecule has 19 heavy (non-hydrogen) atoms. The van der Waals surface area contributed by atoms with Crippen LogP contribution in [0.25, 0.3) is 10.8 Å². The molecule has 3 nitrogen and oxygen atoms in total. The zero-order valence-electron chi connectivity index (χ0n) is 11.4. The summed E-state index contributed by atoms with van der Waals surface area (Å²) < 4.78 is 0. The summed E-state index contributed by atoms with van der Waals surface area (Å²) in [6, 6.07) is 8.04. The number of nitrogens with zero attached hydrogens (tertiary/aromatic N) is 1. The van der Waals surface area contributed by atoms with Crippen molar-refractivity contribution < 1.29 is 0 Å². The van der Waals surface area contributed by atoms with Gasteiger partial charge >= 0.3 is 0 Å². The standard InChI is InChI=1S/C16H20N2O/c1-12-5-4-6-14-15(12)11-13(17-16(14)19)7-10-18-8-2-3-9-18/h4-6,11H,2-3,7-10H2,1H3,(H,17,19). The summed E-state index contributed by atoms with van der Waals surface area (Å²) in [5.74, 6) is 0. The third-order valence-electron chi connectivity index (χ3n) is 4.06. The van der Waals surface area contributed by atoms with Gasteiger partial charge in [-0.25, -0.2) is 0 Å². The lowest BCUT2D eigenvalue weighted by Gasteiger charge is -2.14. The highest BCUT2D eigenvalue weighted by atomic mass is 16.1. The number of hydrogen-bond acceptors (Lipinski definition) is 2. The van der Waals surface area contributed by atoms with E-state index in [0.29, 0.717) is 0 Å². The van der Waals surface area contributed by atoms with Gasteiger partial charge in [0.1, 0.15) is 0 Å². The predicted molar refractivity (Wildman–Crippen MR) is 78.7 cm³/mol. The maximum atomic E-state index is 12.1. The molecule has 2 heterocycles. The SMILES string of the molecule is Cc1cccc2c(=O)[nH]c(CCN3CCCC3)cc12. The number of benzene rings is 1. The Balaban J connectivity index is 1.87. The average molecular weight is 256 g/mol. The molecular weight excluding hydrogens is 236 g/mol. The molecule has 0 aliphatic carbocycles. The fourth-order valence-corrected chi connectivity index (χ4v) is 2.91. The topological polar surface area (TPSA) is 36.1 Å². The molecule has 0 spiro atoms. The number of H-pyrrole nitrogens is 1. The molecular formula is C16H20N2O. The van der Waals surface area contributed by atoms with Crippen LogP contribution < -0.4 is 5.56 Å². The lowest BCUT2D eigenvalue weighted by Crippen LogP contribution is -2.23. The lowest BCUT2D eigenvalue weighted by molar-refractivity contribution is 0.342. The molecule has 1 fully saturated rings. The molecule has 1 N–H and O–H groups in total. The number of aromatic amines is 1. The Bertz CT molecular complexity index is 639. The Morgan fingerprint density at radius 3 is 2.79 bits per heavy atom. The van der Waals surface area contributed by atoms with Crippen LogP contribution in [-0.2, 0) is 6.42 Å². The number of rotatable bonds is 3. The van der Waals surface area contributed by atoms with Gasteiger partial charge in [-0.2, -0.15) is 0 Å². The van der Waals surface area contributed by atoms with Gasteiger partial charge in [0.25, 0.3) is 5.56 Å². The fraction of sp³-hybridized carbons (Fsp3) is 0.438. The van der Waals surface area contributed by atoms with Crippen LogP contribution in [0.5, 0.6) is 0 Å². The minimum atomic E-state index is 0.0395. The van der Waals surface area contributed by atoms with Gasteiger partial charge in [0, 0.05) is 24.0 Å². The van der Waals surface area contributed by atoms with E-state index in [9.17, 15) is 4.79 Å². The van der Waals surface area contributed by atoms with Gasteiger partial charge in [0.15, 0.2) is 0 Å². The molecule has 1 aliphatic heterocycles. The summed E-state index contributed by atoms with van der Waals surface area (Å²) in [7, 11) is 0. The Morgan fingerprint density at radius 2 is 2.00 bits per heavy atom. The van der Waals surface area contributed by atoms with Crippen LogP contribution in [0.2, 0.25) is 0 Å². The number of fused-ring (bicyclic) bond motifs is 1. The fourth-order valence-electron chi connectivity index (χ4n) is 2.91. The molecule has 0 radical (unpaired) electrons. The zero-order chi connectivity index (χ0) is 13.2. The predicted octanol–water partition coefficient (Wildman–Crippen LogP) is 2.47. The van der Waals surface area contributed by atoms with Crippen molar-refractivity contribution in [3.8, 4) is 0 Å². The highest BCUT2D eigenvalue weighted by molar-refractivity contribution is 5.84. The van der Waals surface area contributed by atoms with Crippen molar-refractivity contribution in [2.75, 3.05) is 19.6 Å². The van der Waals surface area contributed by atoms with Crippen molar-refractivity contribution in [3.05, 3.63) is 45.9 Å². The first-order valence-corrected chi connectivity index (χ1v) is 7.08. The molecule has 1 aromatic carbocycles. The van der Waals surface area contributed by atoms with Crippen LogP contribution in [0.15, 0.2) is 29.1 Å². The van der Waals surface area contributed by atoms with E-state index in [1.54, 1.807) is 0 Å². The van der Waals surface area contributed by atoms with Crippen LogP contribution in [0.3, 0.4) is 0 Å². The molecule has 0 amide bonds. The van der Waals surface area contributed by atoms with E-state index in [4.69, 9.17) is 0 Å². The van der Waals surface area contributed by atoms with Gasteiger partial charge in [0.2, 0.25) is 0 Å². The lowest BCUT2D eigenvalue weighted by atomic mass is 10.1. The highest BCUT2D eigenvalue weighted by Crippen LogP contribution is 2.16. The molecule has 1 aromatic heterocycles. The quantitative estimate of drug-likeness (QED) is 0.916. The molecule has 2 aromatic rings. The van der Waals surface area contributed by atoms with Crippen molar-refractivity contribution in [2.24, 2.45) is 0 Å². The van der Waals surface area contributed by atoms with Crippen LogP contribution >= 0.6 is 0 Å². The van der Waals surface area contributed by atoms with Crippen molar-refractivity contribution in [2.45, 2.75) is 26.2 Å². The normalized spacial score (nSPS) is 16.3. The molecule has 1 saturated heterocycles. The number of hydrogen-bond donors (Lipinski definition) is 1. The first-order valence-electron chi connectivity index (χ1n) is 7.08. The van der Waals surface area contributed by atoms with Crippen molar-refractivity contribution in [1.29, 1.82) is 0 Å². The third-order valence-corrected chi connectivity index (χ3v) is 4.06. The van der Waals surface area contributed by atoms with Crippen molar-refractivity contribution in [1.82, 2.24) is 9.88 Å². The number of pyridine rings is 1. The average Bonchev–Trinajstić information content (AvgIpc) is 2.91. The smallest absolute Gasteiger partial charge is 0.256 e. The van der Waals surface area contributed by atoms with Crippen LogP contribution in [0.4, 0.5) is 0 Å². The first kappa shape index (κ1) is 12.4. The summed E-state index contributed by atoms with van der Waals surface area (Å²) >= 11 is 0. The first-order chi connectivity index (χ1) is 9.24. The molecule has 0 saturated carbocycles. The van der Waals surface area contributed by atoms with E-state index in [-0.39, 0.29) is 5.56 Å². The van der Waals surface area contributed by atoms with Crippen LogP contribution in [-0.4, -0.2) is 29.5 Å². The van der Waals surface area contributed by atoms with E-state index in [0.717, 1.165) is 29.4 Å². The van der Waals surface area contributed by atoms with Gasteiger partial charge in [-0.15, -0.1) is 0 Å². The van der Waals surface area contributed by atoms with E-state index in [1.165, 1.54) is 31.5 Å². The molecule has 0 bridgehead atoms. The van der Waals surface area contributed by atoms with Gasteiger partial charge in [-0.1, -0.05) is 12.1 Å². The Kier molecular flexibility index (Phi) is 3.38. The molecule has 0 unspecified atom stereocenters. The van der Waals surface area contributed by atoms with E-state index in [1.807, 2.05) is 12.1 Å². The summed E-state index contributed by atoms with van der Waals surface area (Å²) in [6.07, 6.45) is 3.56. The zero-order valence-corrected chi connectivity index (χ0v) is 11.4. The largest absolute Gasteiger partial charge is 0.326 e. The van der Waals surface area contributed by atoms with Gasteiger partial charge in [-0.3, -0.25) is 4.79 Å². The van der Waals surface area contributed by atoms with E-state index >= 15 is 0 Å². The second-order valence-corrected chi connectivity index (χ2v) is 5.46. The molecule has 3 heteroatoms. The Morgan fingerprint density at radius 1 is 1.21 bits per heavy atom. The summed E-state index contributed by atoms with van der Waals surface area (Å²) in [5.41, 5.74) is 2.27. The minimum Gasteiger partial charge on any atom is -0.326 e. The second-order valence-electron chi connectivity index (χ2n) is 5.46. The minimum absolute atomic E-state index is 0.0395. The molecule has 100 valence electrons. The van der Waals surface area contributed by atoms with Gasteiger partial charge in [0.05, 0.1) is 0 Å². The number of nitrogens with one attached hydrogen (secondary N) is 1. The third kappa shape index (κ3) is 2.56. The summed E-state index contributed by atoms with van der Waals surface area (Å²) in [6.45, 7) is 5.52. The van der Waals surface area contributed by atoms with Crippen LogP contribution in [0, 0.1) is 6.92 Å². The maximum absolute atomic E-state index is 12.1. The molecule has 3 rings (SSSR count). The van der Waals surface area contributed by atoms with E-state index in [2.05, 4.69) is 28.9 Å². The monoisotopic (exact) mass is 256 g/mol. The number of likely N-dealkylation sites (tertiary alicyclic amines) is 1. The van der Waals surface area contributed by atoms with Gasteiger partial charge in [-0.05, 0) is 55.9 Å². The molecule has 0 atom stereocenters. The Hall–Kier alpha value is -1.61. The second kappa shape index (κ2) is 5.17. The summed E-state index contributed by atoms with van der Waals surface area (Å²) in [5, 5.41) is 1.88. The molecule has 1 aliphatic rings. The van der Waals surface area contributed by atoms with Crippen molar-refractivity contribution >= 4 is 10.8 Å². The number of aryl methyl sites for hydroxylation is 1. The van der Waals surface area contributed by atoms with Crippen LogP contribution in [0.1, 0.15) is 24.1 Å². The Labute approximate surface area is 113 Å². The highest BCUT2D eigenvalue weighted by Gasteiger charge is 2.11. The van der Waals surface area contributed by atoms with Gasteiger partial charge < -0.3 is 9.88 Å². The van der Waals surface area contributed by atoms with E-state index < -0.39 is 0 Å². The van der Waals surface area contributed by atoms with Crippen molar-refractivity contribution in [3.63, 3.8) is 0 Å². The summed E-state index contributed by atoms with van der Waals surface area (Å²) in [4.78, 5) is 17.6. The number of aromatic nitrogens is 1. The maximum Gasteiger partial charge on any atom is 0.256 e.